The molecule has 0 aliphatic carbocycles. The number of aliphatic imine (C=N–C) groups is 1. The highest BCUT2D eigenvalue weighted by atomic mass is 16.2. The van der Waals surface area contributed by atoms with Gasteiger partial charge in [0.25, 0.3) is 5.91 Å². The standard InChI is InChI=1S/C12H14N4O2/c13-10(17)6-7-16-11(18)8-14-12(16)15-9-4-2-1-3-5-9/h1-5H,6-8H2,(H2,13,17)(H,14,15). The SMILES string of the molecule is NC(=O)CCN1C(=O)CN=C1Nc1ccccc1. The van der Waals surface area contributed by atoms with Gasteiger partial charge < -0.3 is 11.1 Å². The molecule has 6 heteroatoms. The maximum Gasteiger partial charge on any atom is 0.251 e. The van der Waals surface area contributed by atoms with E-state index in [-0.39, 0.29) is 25.4 Å². The van der Waals surface area contributed by atoms with Crippen molar-refractivity contribution in [2.45, 2.75) is 6.42 Å². The molecule has 1 heterocycles. The monoisotopic (exact) mass is 246 g/mol. The number of para-hydroxylation sites is 1. The van der Waals surface area contributed by atoms with Crippen LogP contribution in [0.15, 0.2) is 35.3 Å². The number of nitrogens with zero attached hydrogens (tertiary/aromatic N) is 2. The van der Waals surface area contributed by atoms with Gasteiger partial charge in [-0.1, -0.05) is 18.2 Å². The number of carbonyl (C=O) groups is 2. The molecule has 0 saturated heterocycles. The summed E-state index contributed by atoms with van der Waals surface area (Å²) in [5.41, 5.74) is 5.92. The Hall–Kier alpha value is -2.37. The molecule has 0 fully saturated rings. The molecule has 0 aromatic heterocycles. The predicted molar refractivity (Wildman–Crippen MR) is 67.9 cm³/mol. The smallest absolute Gasteiger partial charge is 0.251 e. The molecule has 0 atom stereocenters. The molecule has 0 bridgehead atoms. The Kier molecular flexibility index (Phi) is 3.57. The summed E-state index contributed by atoms with van der Waals surface area (Å²) >= 11 is 0. The molecular formula is C12H14N4O2. The van der Waals surface area contributed by atoms with Crippen molar-refractivity contribution in [3.63, 3.8) is 0 Å². The van der Waals surface area contributed by atoms with Gasteiger partial charge in [0.05, 0.1) is 0 Å². The normalized spacial score (nSPS) is 14.6. The van der Waals surface area contributed by atoms with Crippen LogP contribution in [-0.4, -0.2) is 35.8 Å². The number of nitrogens with one attached hydrogen (secondary N) is 1. The summed E-state index contributed by atoms with van der Waals surface area (Å²) in [7, 11) is 0. The second kappa shape index (κ2) is 5.31. The third-order valence-electron chi connectivity index (χ3n) is 2.53. The van der Waals surface area contributed by atoms with E-state index >= 15 is 0 Å². The van der Waals surface area contributed by atoms with Crippen LogP contribution in [0, 0.1) is 0 Å². The number of rotatable bonds is 4. The molecule has 0 radical (unpaired) electrons. The lowest BCUT2D eigenvalue weighted by atomic mass is 10.3. The quantitative estimate of drug-likeness (QED) is 0.794. The summed E-state index contributed by atoms with van der Waals surface area (Å²) in [5, 5.41) is 3.05. The van der Waals surface area contributed by atoms with E-state index in [0.29, 0.717) is 5.96 Å². The Morgan fingerprint density at radius 1 is 1.39 bits per heavy atom. The summed E-state index contributed by atoms with van der Waals surface area (Å²) in [6.45, 7) is 0.362. The summed E-state index contributed by atoms with van der Waals surface area (Å²) in [6, 6.07) is 9.41. The number of amides is 2. The van der Waals surface area contributed by atoms with E-state index in [1.807, 2.05) is 30.3 Å². The molecule has 1 aliphatic heterocycles. The van der Waals surface area contributed by atoms with Gasteiger partial charge in [0.15, 0.2) is 0 Å². The Morgan fingerprint density at radius 3 is 2.78 bits per heavy atom. The van der Waals surface area contributed by atoms with E-state index in [1.165, 1.54) is 4.90 Å². The number of anilines is 1. The van der Waals surface area contributed by atoms with Crippen molar-refractivity contribution in [3.05, 3.63) is 30.3 Å². The van der Waals surface area contributed by atoms with Crippen LogP contribution in [-0.2, 0) is 9.59 Å². The first-order chi connectivity index (χ1) is 8.66. The number of benzene rings is 1. The van der Waals surface area contributed by atoms with Gasteiger partial charge in [-0.25, -0.2) is 4.99 Å². The molecule has 1 aromatic carbocycles. The lowest BCUT2D eigenvalue weighted by Crippen LogP contribution is -2.38. The lowest BCUT2D eigenvalue weighted by molar-refractivity contribution is -0.125. The van der Waals surface area contributed by atoms with Gasteiger partial charge in [-0.2, -0.15) is 0 Å². The fraction of sp³-hybridized carbons (Fsp3) is 0.250. The van der Waals surface area contributed by atoms with Gasteiger partial charge in [0.2, 0.25) is 11.9 Å². The van der Waals surface area contributed by atoms with E-state index in [0.717, 1.165) is 5.69 Å². The summed E-state index contributed by atoms with van der Waals surface area (Å²) in [5.74, 6) is -0.101. The zero-order chi connectivity index (χ0) is 13.0. The zero-order valence-electron chi connectivity index (χ0n) is 9.80. The molecule has 3 N–H and O–H groups in total. The van der Waals surface area contributed by atoms with Crippen molar-refractivity contribution in [1.82, 2.24) is 4.90 Å². The van der Waals surface area contributed by atoms with E-state index in [9.17, 15) is 9.59 Å². The van der Waals surface area contributed by atoms with Crippen LogP contribution in [0.4, 0.5) is 5.69 Å². The maximum absolute atomic E-state index is 11.6. The highest BCUT2D eigenvalue weighted by Crippen LogP contribution is 2.10. The third kappa shape index (κ3) is 2.85. The van der Waals surface area contributed by atoms with Crippen molar-refractivity contribution in [2.24, 2.45) is 10.7 Å². The molecule has 2 rings (SSSR count). The molecular weight excluding hydrogens is 232 g/mol. The topological polar surface area (TPSA) is 87.8 Å². The predicted octanol–water partition coefficient (Wildman–Crippen LogP) is 0.172. The molecule has 0 unspecified atom stereocenters. The average Bonchev–Trinajstić information content (AvgIpc) is 2.69. The number of hydrogen-bond donors (Lipinski definition) is 2. The second-order valence-electron chi connectivity index (χ2n) is 3.89. The van der Waals surface area contributed by atoms with Crippen molar-refractivity contribution in [1.29, 1.82) is 0 Å². The first kappa shape index (κ1) is 12.1. The van der Waals surface area contributed by atoms with Crippen molar-refractivity contribution < 1.29 is 9.59 Å². The number of nitrogens with two attached hydrogens (primary N) is 1. The van der Waals surface area contributed by atoms with Crippen LogP contribution in [0.25, 0.3) is 0 Å². The molecule has 18 heavy (non-hydrogen) atoms. The molecule has 0 saturated carbocycles. The Labute approximate surface area is 104 Å². The highest BCUT2D eigenvalue weighted by molar-refractivity contribution is 6.09. The second-order valence-corrected chi connectivity index (χ2v) is 3.89. The van der Waals surface area contributed by atoms with Gasteiger partial charge in [-0.3, -0.25) is 14.5 Å². The first-order valence-corrected chi connectivity index (χ1v) is 5.62. The number of primary amides is 1. The van der Waals surface area contributed by atoms with Crippen LogP contribution >= 0.6 is 0 Å². The van der Waals surface area contributed by atoms with Crippen LogP contribution in [0.3, 0.4) is 0 Å². The highest BCUT2D eigenvalue weighted by Gasteiger charge is 2.25. The Balaban J connectivity index is 2.02. The molecule has 0 spiro atoms. The van der Waals surface area contributed by atoms with Crippen LogP contribution in [0.5, 0.6) is 0 Å². The van der Waals surface area contributed by atoms with Crippen LogP contribution < -0.4 is 11.1 Å². The van der Waals surface area contributed by atoms with Crippen molar-refractivity contribution >= 4 is 23.5 Å². The summed E-state index contributed by atoms with van der Waals surface area (Å²) < 4.78 is 0. The van der Waals surface area contributed by atoms with Crippen molar-refractivity contribution in [2.75, 3.05) is 18.4 Å². The summed E-state index contributed by atoms with van der Waals surface area (Å²) in [4.78, 5) is 27.9. The van der Waals surface area contributed by atoms with Gasteiger partial charge in [-0.15, -0.1) is 0 Å². The summed E-state index contributed by atoms with van der Waals surface area (Å²) in [6.07, 6.45) is 0.126. The van der Waals surface area contributed by atoms with Gasteiger partial charge >= 0.3 is 0 Å². The molecule has 6 nitrogen and oxygen atoms in total. The minimum Gasteiger partial charge on any atom is -0.370 e. The van der Waals surface area contributed by atoms with E-state index < -0.39 is 5.91 Å². The molecule has 1 aliphatic rings. The first-order valence-electron chi connectivity index (χ1n) is 5.62. The zero-order valence-corrected chi connectivity index (χ0v) is 9.80. The largest absolute Gasteiger partial charge is 0.370 e. The fourth-order valence-electron chi connectivity index (χ4n) is 1.64. The average molecular weight is 246 g/mol. The van der Waals surface area contributed by atoms with Gasteiger partial charge in [0, 0.05) is 18.7 Å². The fourth-order valence-corrected chi connectivity index (χ4v) is 1.64. The maximum atomic E-state index is 11.6. The molecule has 1 aromatic rings. The third-order valence-corrected chi connectivity index (χ3v) is 2.53. The Morgan fingerprint density at radius 2 is 2.11 bits per heavy atom. The van der Waals surface area contributed by atoms with E-state index in [2.05, 4.69) is 10.3 Å². The lowest BCUT2D eigenvalue weighted by Gasteiger charge is -2.18. The molecule has 94 valence electrons. The van der Waals surface area contributed by atoms with Crippen molar-refractivity contribution in [3.8, 4) is 0 Å². The number of guanidine groups is 1. The molecule has 2 amide bonds. The van der Waals surface area contributed by atoms with E-state index in [1.54, 1.807) is 0 Å². The van der Waals surface area contributed by atoms with Gasteiger partial charge in [0.1, 0.15) is 6.54 Å². The number of hydrogen-bond acceptors (Lipinski definition) is 4. The van der Waals surface area contributed by atoms with Crippen LogP contribution in [0.1, 0.15) is 6.42 Å². The van der Waals surface area contributed by atoms with Gasteiger partial charge in [-0.05, 0) is 12.1 Å². The Bertz CT molecular complexity index is 484. The number of carbonyl (C=O) groups excluding carboxylic acids is 2. The van der Waals surface area contributed by atoms with Crippen LogP contribution in [0.2, 0.25) is 0 Å². The minimum atomic E-state index is -0.436. The minimum absolute atomic E-state index is 0.105. The van der Waals surface area contributed by atoms with E-state index in [4.69, 9.17) is 5.73 Å².